The van der Waals surface area contributed by atoms with Gasteiger partial charge in [-0.05, 0) is 12.8 Å². The van der Waals surface area contributed by atoms with Gasteiger partial charge >= 0.3 is 0 Å². The standard InChI is InChI=1S/C17H34O5S/c1-17(15-21-16-17)14-20-12-10-8-6-4-3-5-7-9-11-13-22-23(2,18)19/h3-16H2,1-2H3. The Bertz CT molecular complexity index is 390. The van der Waals surface area contributed by atoms with Crippen LogP contribution in [0.4, 0.5) is 0 Å². The zero-order valence-corrected chi connectivity index (χ0v) is 15.7. The predicted octanol–water partition coefficient (Wildman–Crippen LogP) is 3.53. The molecule has 1 heterocycles. The van der Waals surface area contributed by atoms with Crippen LogP contribution in [0.15, 0.2) is 0 Å². The van der Waals surface area contributed by atoms with Gasteiger partial charge in [-0.25, -0.2) is 0 Å². The Morgan fingerprint density at radius 1 is 0.870 bits per heavy atom. The summed E-state index contributed by atoms with van der Waals surface area (Å²) in [6.45, 7) is 5.92. The van der Waals surface area contributed by atoms with E-state index in [0.29, 0.717) is 6.61 Å². The number of ether oxygens (including phenoxy) is 2. The molecule has 23 heavy (non-hydrogen) atoms. The molecule has 1 rings (SSSR count). The van der Waals surface area contributed by atoms with Crippen LogP contribution in [0.5, 0.6) is 0 Å². The van der Waals surface area contributed by atoms with Crippen molar-refractivity contribution < 1.29 is 22.1 Å². The van der Waals surface area contributed by atoms with E-state index < -0.39 is 10.1 Å². The van der Waals surface area contributed by atoms with E-state index in [9.17, 15) is 8.42 Å². The van der Waals surface area contributed by atoms with Crippen molar-refractivity contribution in [2.24, 2.45) is 5.41 Å². The van der Waals surface area contributed by atoms with Gasteiger partial charge in [-0.15, -0.1) is 0 Å². The van der Waals surface area contributed by atoms with E-state index in [4.69, 9.17) is 13.7 Å². The zero-order valence-electron chi connectivity index (χ0n) is 14.8. The van der Waals surface area contributed by atoms with Crippen LogP contribution in [0, 0.1) is 5.41 Å². The molecule has 138 valence electrons. The third-order valence-electron chi connectivity index (χ3n) is 4.08. The van der Waals surface area contributed by atoms with E-state index in [-0.39, 0.29) is 5.41 Å². The molecule has 0 radical (unpaired) electrons. The van der Waals surface area contributed by atoms with Gasteiger partial charge in [0.25, 0.3) is 10.1 Å². The Hall–Kier alpha value is -0.170. The maximum absolute atomic E-state index is 10.8. The number of hydrogen-bond donors (Lipinski definition) is 0. The SMILES string of the molecule is CC1(COCCCCCCCCCCCOS(C)(=O)=O)COC1. The maximum Gasteiger partial charge on any atom is 0.264 e. The van der Waals surface area contributed by atoms with Gasteiger partial charge in [-0.1, -0.05) is 51.9 Å². The highest BCUT2D eigenvalue weighted by atomic mass is 32.2. The van der Waals surface area contributed by atoms with Crippen LogP contribution >= 0.6 is 0 Å². The number of hydrogen-bond acceptors (Lipinski definition) is 5. The summed E-state index contributed by atoms with van der Waals surface area (Å²) in [5.74, 6) is 0. The lowest BCUT2D eigenvalue weighted by molar-refractivity contribution is -0.137. The average molecular weight is 351 g/mol. The molecule has 6 heteroatoms. The summed E-state index contributed by atoms with van der Waals surface area (Å²) < 4.78 is 37.1. The molecule has 0 N–H and O–H groups in total. The summed E-state index contributed by atoms with van der Waals surface area (Å²) in [6, 6.07) is 0. The molecule has 0 aliphatic carbocycles. The highest BCUT2D eigenvalue weighted by Gasteiger charge is 2.33. The summed E-state index contributed by atoms with van der Waals surface area (Å²) >= 11 is 0. The van der Waals surface area contributed by atoms with E-state index in [2.05, 4.69) is 6.92 Å². The Labute approximate surface area is 142 Å². The Morgan fingerprint density at radius 3 is 1.78 bits per heavy atom. The lowest BCUT2D eigenvalue weighted by atomic mass is 9.90. The zero-order chi connectivity index (χ0) is 17.0. The first-order valence-electron chi connectivity index (χ1n) is 8.91. The van der Waals surface area contributed by atoms with Crippen molar-refractivity contribution in [1.82, 2.24) is 0 Å². The van der Waals surface area contributed by atoms with Crippen LogP contribution in [-0.2, 0) is 23.8 Å². The van der Waals surface area contributed by atoms with Gasteiger partial charge in [-0.3, -0.25) is 4.18 Å². The van der Waals surface area contributed by atoms with Gasteiger partial charge < -0.3 is 9.47 Å². The molecule has 0 aromatic heterocycles. The maximum atomic E-state index is 10.8. The quantitative estimate of drug-likeness (QED) is 0.334. The van der Waals surface area contributed by atoms with Crippen LogP contribution in [0.25, 0.3) is 0 Å². The molecule has 0 amide bonds. The van der Waals surface area contributed by atoms with Crippen molar-refractivity contribution in [2.45, 2.75) is 64.7 Å². The summed E-state index contributed by atoms with van der Waals surface area (Å²) in [7, 11) is -3.26. The van der Waals surface area contributed by atoms with E-state index in [1.807, 2.05) is 0 Å². The van der Waals surface area contributed by atoms with Crippen LogP contribution in [0.2, 0.25) is 0 Å². The smallest absolute Gasteiger partial charge is 0.264 e. The minimum Gasteiger partial charge on any atom is -0.381 e. The monoisotopic (exact) mass is 350 g/mol. The Balaban J connectivity index is 1.71. The Kier molecular flexibility index (Phi) is 10.3. The topological polar surface area (TPSA) is 61.8 Å². The summed E-state index contributed by atoms with van der Waals surface area (Å²) in [4.78, 5) is 0. The highest BCUT2D eigenvalue weighted by Crippen LogP contribution is 2.26. The molecule has 0 saturated carbocycles. The van der Waals surface area contributed by atoms with Crippen molar-refractivity contribution >= 4 is 10.1 Å². The van der Waals surface area contributed by atoms with Crippen LogP contribution < -0.4 is 0 Å². The second kappa shape index (κ2) is 11.4. The van der Waals surface area contributed by atoms with Crippen molar-refractivity contribution in [3.63, 3.8) is 0 Å². The molecule has 1 fully saturated rings. The fraction of sp³-hybridized carbons (Fsp3) is 1.00. The van der Waals surface area contributed by atoms with Gasteiger partial charge in [0.05, 0.1) is 32.7 Å². The van der Waals surface area contributed by atoms with Crippen LogP contribution in [-0.4, -0.2) is 47.7 Å². The molecule has 0 aromatic rings. The lowest BCUT2D eigenvalue weighted by Crippen LogP contribution is -2.43. The van der Waals surface area contributed by atoms with Gasteiger partial charge in [-0.2, -0.15) is 8.42 Å². The second-order valence-corrected chi connectivity index (χ2v) is 8.71. The molecule has 1 aliphatic rings. The van der Waals surface area contributed by atoms with E-state index >= 15 is 0 Å². The summed E-state index contributed by atoms with van der Waals surface area (Å²) in [6.07, 6.45) is 11.6. The average Bonchev–Trinajstić information content (AvgIpc) is 2.44. The second-order valence-electron chi connectivity index (χ2n) is 7.06. The van der Waals surface area contributed by atoms with Gasteiger partial charge in [0.15, 0.2) is 0 Å². The highest BCUT2D eigenvalue weighted by molar-refractivity contribution is 7.85. The van der Waals surface area contributed by atoms with Crippen molar-refractivity contribution in [3.8, 4) is 0 Å². The summed E-state index contributed by atoms with van der Waals surface area (Å²) in [5, 5.41) is 0. The molecule has 0 unspecified atom stereocenters. The molecule has 1 aliphatic heterocycles. The molecular formula is C17H34O5S. The molecule has 0 spiro atoms. The third kappa shape index (κ3) is 11.9. The van der Waals surface area contributed by atoms with Crippen molar-refractivity contribution in [3.05, 3.63) is 0 Å². The van der Waals surface area contributed by atoms with Crippen LogP contribution in [0.1, 0.15) is 64.7 Å². The van der Waals surface area contributed by atoms with E-state index in [1.165, 1.54) is 32.1 Å². The van der Waals surface area contributed by atoms with Gasteiger partial charge in [0.1, 0.15) is 0 Å². The van der Waals surface area contributed by atoms with E-state index in [0.717, 1.165) is 58.4 Å². The fourth-order valence-electron chi connectivity index (χ4n) is 2.61. The largest absolute Gasteiger partial charge is 0.381 e. The van der Waals surface area contributed by atoms with E-state index in [1.54, 1.807) is 0 Å². The third-order valence-corrected chi connectivity index (χ3v) is 4.68. The molecule has 0 aromatic carbocycles. The summed E-state index contributed by atoms with van der Waals surface area (Å²) in [5.41, 5.74) is 0.270. The molecule has 0 bridgehead atoms. The molecule has 1 saturated heterocycles. The molecule has 0 atom stereocenters. The normalized spacial score (nSPS) is 17.1. The van der Waals surface area contributed by atoms with Gasteiger partial charge in [0, 0.05) is 12.0 Å². The van der Waals surface area contributed by atoms with Crippen molar-refractivity contribution in [1.29, 1.82) is 0 Å². The van der Waals surface area contributed by atoms with Gasteiger partial charge in [0.2, 0.25) is 0 Å². The first-order chi connectivity index (χ1) is 10.9. The van der Waals surface area contributed by atoms with Crippen LogP contribution in [0.3, 0.4) is 0 Å². The molecule has 5 nitrogen and oxygen atoms in total. The minimum atomic E-state index is -3.26. The lowest BCUT2D eigenvalue weighted by Gasteiger charge is -2.37. The Morgan fingerprint density at radius 2 is 1.35 bits per heavy atom. The first-order valence-corrected chi connectivity index (χ1v) is 10.7. The minimum absolute atomic E-state index is 0.270. The molecular weight excluding hydrogens is 316 g/mol. The number of unbranched alkanes of at least 4 members (excludes halogenated alkanes) is 8. The van der Waals surface area contributed by atoms with Crippen molar-refractivity contribution in [2.75, 3.05) is 39.3 Å². The number of rotatable bonds is 15. The predicted molar refractivity (Wildman–Crippen MR) is 92.1 cm³/mol. The fourth-order valence-corrected chi connectivity index (χ4v) is 3.03. The first kappa shape index (κ1) is 20.9.